The number of halogens is 3. The topological polar surface area (TPSA) is 45.3 Å². The molecule has 0 saturated carbocycles. The fourth-order valence-electron chi connectivity index (χ4n) is 4.69. The molecule has 4 rings (SSSR count). The van der Waals surface area contributed by atoms with E-state index in [1.807, 2.05) is 36.1 Å². The lowest BCUT2D eigenvalue weighted by Crippen LogP contribution is -2.48. The van der Waals surface area contributed by atoms with Crippen LogP contribution in [-0.2, 0) is 16.0 Å². The number of benzene rings is 2. The Labute approximate surface area is 191 Å². The van der Waals surface area contributed by atoms with Gasteiger partial charge in [0, 0.05) is 40.8 Å². The summed E-state index contributed by atoms with van der Waals surface area (Å²) in [5, 5.41) is 1.00. The van der Waals surface area contributed by atoms with Crippen molar-refractivity contribution >= 4 is 22.9 Å². The Kier molecular flexibility index (Phi) is 6.10. The van der Waals surface area contributed by atoms with E-state index in [1.54, 1.807) is 0 Å². The Morgan fingerprint density at radius 1 is 1.24 bits per heavy atom. The van der Waals surface area contributed by atoms with Gasteiger partial charge in [-0.25, -0.2) is 18.0 Å². The molecule has 0 bridgehead atoms. The molecule has 0 unspecified atom stereocenters. The highest BCUT2D eigenvalue weighted by atomic mass is 19.1. The van der Waals surface area contributed by atoms with Crippen molar-refractivity contribution in [3.63, 3.8) is 0 Å². The second-order valence-electron chi connectivity index (χ2n) is 9.16. The molecule has 0 fully saturated rings. The lowest BCUT2D eigenvalue weighted by Gasteiger charge is -2.43. The Bertz CT molecular complexity index is 1200. The first-order chi connectivity index (χ1) is 15.6. The van der Waals surface area contributed by atoms with Crippen LogP contribution in [0.1, 0.15) is 49.2 Å². The summed E-state index contributed by atoms with van der Waals surface area (Å²) in [7, 11) is 1.22. The molecule has 0 saturated heterocycles. The molecule has 2 aromatic carbocycles. The van der Waals surface area contributed by atoms with E-state index in [0.717, 1.165) is 22.5 Å². The molecule has 1 aromatic heterocycles. The summed E-state index contributed by atoms with van der Waals surface area (Å²) in [5.41, 5.74) is 1.02. The fraction of sp³-hybridized carbons (Fsp3) is 0.346. The predicted octanol–water partition coefficient (Wildman–Crippen LogP) is 5.72. The van der Waals surface area contributed by atoms with Gasteiger partial charge in [0.2, 0.25) is 0 Å². The van der Waals surface area contributed by atoms with E-state index in [0.29, 0.717) is 12.1 Å². The van der Waals surface area contributed by atoms with Crippen molar-refractivity contribution in [3.05, 3.63) is 76.5 Å². The number of para-hydroxylation sites is 1. The molecule has 33 heavy (non-hydrogen) atoms. The van der Waals surface area contributed by atoms with Crippen LogP contribution >= 0.6 is 0 Å². The number of aromatic nitrogens is 1. The van der Waals surface area contributed by atoms with E-state index >= 15 is 8.78 Å². The first-order valence-electron chi connectivity index (χ1n) is 10.9. The van der Waals surface area contributed by atoms with Gasteiger partial charge in [-0.2, -0.15) is 0 Å². The third-order valence-corrected chi connectivity index (χ3v) is 6.06. The fourth-order valence-corrected chi connectivity index (χ4v) is 4.69. The molecule has 0 aliphatic carbocycles. The van der Waals surface area contributed by atoms with Gasteiger partial charge >= 0.3 is 5.97 Å². The summed E-state index contributed by atoms with van der Waals surface area (Å²) in [6.45, 7) is 4.89. The van der Waals surface area contributed by atoms with Gasteiger partial charge in [-0.05, 0) is 62.6 Å². The number of methoxy groups -OCH3 is 1. The van der Waals surface area contributed by atoms with Crippen molar-refractivity contribution in [3.8, 4) is 0 Å². The van der Waals surface area contributed by atoms with E-state index in [2.05, 4.69) is 9.72 Å². The quantitative estimate of drug-likeness (QED) is 0.395. The number of alkyl halides is 1. The number of carbonyl (C=O) groups excluding carboxylic acids is 1. The van der Waals surface area contributed by atoms with Crippen molar-refractivity contribution in [2.24, 2.45) is 0 Å². The second-order valence-corrected chi connectivity index (χ2v) is 9.16. The largest absolute Gasteiger partial charge is 0.466 e. The third-order valence-electron chi connectivity index (χ3n) is 6.06. The molecule has 174 valence electrons. The molecule has 1 aliphatic rings. The minimum absolute atomic E-state index is 0.0104. The number of nitrogens with zero attached hydrogens (tertiary/aromatic N) is 1. The Hall–Kier alpha value is -3.06. The molecule has 2 heterocycles. The molecular formula is C26H27F3N2O2. The van der Waals surface area contributed by atoms with Gasteiger partial charge in [0.15, 0.2) is 0 Å². The van der Waals surface area contributed by atoms with Gasteiger partial charge in [0.05, 0.1) is 13.2 Å². The summed E-state index contributed by atoms with van der Waals surface area (Å²) in [5.74, 6) is -2.14. The lowest BCUT2D eigenvalue weighted by atomic mass is 9.87. The van der Waals surface area contributed by atoms with Gasteiger partial charge in [-0.3, -0.25) is 4.90 Å². The smallest absolute Gasteiger partial charge is 0.330 e. The maximum Gasteiger partial charge on any atom is 0.330 e. The molecule has 3 aromatic rings. The molecule has 0 amide bonds. The Morgan fingerprint density at radius 2 is 1.91 bits per heavy atom. The highest BCUT2D eigenvalue weighted by Gasteiger charge is 2.40. The number of rotatable bonds is 5. The van der Waals surface area contributed by atoms with E-state index in [4.69, 9.17) is 0 Å². The van der Waals surface area contributed by atoms with Gasteiger partial charge in [-0.15, -0.1) is 0 Å². The van der Waals surface area contributed by atoms with Crippen LogP contribution in [-0.4, -0.2) is 41.2 Å². The number of fused-ring (bicyclic) bond motifs is 3. The number of H-pyrrole nitrogens is 1. The number of aromatic amines is 1. The molecule has 0 spiro atoms. The van der Waals surface area contributed by atoms with Gasteiger partial charge in [0.25, 0.3) is 0 Å². The number of hydrogen-bond donors (Lipinski definition) is 1. The van der Waals surface area contributed by atoms with Gasteiger partial charge in [0.1, 0.15) is 17.3 Å². The monoisotopic (exact) mass is 456 g/mol. The van der Waals surface area contributed by atoms with E-state index in [-0.39, 0.29) is 23.7 Å². The van der Waals surface area contributed by atoms with Gasteiger partial charge < -0.3 is 9.72 Å². The van der Waals surface area contributed by atoms with E-state index in [9.17, 15) is 9.18 Å². The minimum Gasteiger partial charge on any atom is -0.466 e. The molecule has 2 atom stereocenters. The van der Waals surface area contributed by atoms with Crippen LogP contribution in [0.5, 0.6) is 0 Å². The van der Waals surface area contributed by atoms with Crippen molar-refractivity contribution in [2.45, 2.75) is 44.9 Å². The van der Waals surface area contributed by atoms with Gasteiger partial charge in [-0.1, -0.05) is 18.2 Å². The summed E-state index contributed by atoms with van der Waals surface area (Å²) >= 11 is 0. The van der Waals surface area contributed by atoms with Crippen LogP contribution < -0.4 is 0 Å². The summed E-state index contributed by atoms with van der Waals surface area (Å²) in [4.78, 5) is 16.5. The lowest BCUT2D eigenvalue weighted by molar-refractivity contribution is -0.134. The zero-order valence-electron chi connectivity index (χ0n) is 19.1. The highest BCUT2D eigenvalue weighted by Crippen LogP contribution is 2.43. The number of nitrogens with one attached hydrogen (secondary N) is 1. The van der Waals surface area contributed by atoms with Crippen LogP contribution in [0.3, 0.4) is 0 Å². The summed E-state index contributed by atoms with van der Waals surface area (Å²) < 4.78 is 50.3. The zero-order valence-corrected chi connectivity index (χ0v) is 19.1. The van der Waals surface area contributed by atoms with Crippen LogP contribution in [0.2, 0.25) is 0 Å². The molecule has 1 aliphatic heterocycles. The van der Waals surface area contributed by atoms with Crippen LogP contribution in [0.25, 0.3) is 17.0 Å². The predicted molar refractivity (Wildman–Crippen MR) is 123 cm³/mol. The van der Waals surface area contributed by atoms with Crippen LogP contribution in [0.4, 0.5) is 13.2 Å². The Morgan fingerprint density at radius 3 is 2.55 bits per heavy atom. The summed E-state index contributed by atoms with van der Waals surface area (Å²) in [6, 6.07) is 9.12. The maximum atomic E-state index is 15.5. The first-order valence-corrected chi connectivity index (χ1v) is 10.9. The standard InChI is InChI=1S/C26H27F3N2O2/c1-15-11-18-17-7-5-6-8-21(17)30-24(18)25(31(15)14-26(2,3)29)23-19(27)12-16(13-20(23)28)9-10-22(32)33-4/h5-10,12-13,15,25,30H,11,14H2,1-4H3/t15-,25-/m1/s1. The zero-order chi connectivity index (χ0) is 23.9. The highest BCUT2D eigenvalue weighted by molar-refractivity contribution is 5.87. The Balaban J connectivity index is 1.89. The molecular weight excluding hydrogens is 429 g/mol. The minimum atomic E-state index is -1.56. The number of carbonyl (C=O) groups is 1. The van der Waals surface area contributed by atoms with Crippen molar-refractivity contribution in [1.29, 1.82) is 0 Å². The normalized spacial score (nSPS) is 19.2. The van der Waals surface area contributed by atoms with Crippen molar-refractivity contribution in [2.75, 3.05) is 13.7 Å². The molecule has 0 radical (unpaired) electrons. The van der Waals surface area contributed by atoms with Crippen LogP contribution in [0, 0.1) is 11.6 Å². The second kappa shape index (κ2) is 8.71. The third kappa shape index (κ3) is 4.55. The molecule has 1 N–H and O–H groups in total. The summed E-state index contributed by atoms with van der Waals surface area (Å²) in [6.07, 6.45) is 3.03. The SMILES string of the molecule is COC(=O)C=Cc1cc(F)c([C@@H]2c3[nH]c4ccccc4c3C[C@@H](C)N2CC(C)(C)F)c(F)c1. The maximum absolute atomic E-state index is 15.5. The average molecular weight is 457 g/mol. The van der Waals surface area contributed by atoms with E-state index in [1.165, 1.54) is 39.2 Å². The number of hydrogen-bond acceptors (Lipinski definition) is 3. The molecule has 4 nitrogen and oxygen atoms in total. The van der Waals surface area contributed by atoms with E-state index < -0.39 is 29.3 Å². The number of esters is 1. The molecule has 7 heteroatoms. The number of ether oxygens (including phenoxy) is 1. The first kappa shape index (κ1) is 23.1. The van der Waals surface area contributed by atoms with Crippen molar-refractivity contribution < 1.29 is 22.7 Å². The van der Waals surface area contributed by atoms with Crippen molar-refractivity contribution in [1.82, 2.24) is 9.88 Å². The van der Waals surface area contributed by atoms with Crippen LogP contribution in [0.15, 0.2) is 42.5 Å². The average Bonchev–Trinajstić information content (AvgIpc) is 3.10.